The highest BCUT2D eigenvalue weighted by molar-refractivity contribution is 5.15. The topological polar surface area (TPSA) is 43.3 Å². The van der Waals surface area contributed by atoms with Crippen LogP contribution in [0.5, 0.6) is 0 Å². The summed E-state index contributed by atoms with van der Waals surface area (Å²) < 4.78 is 7.51. The van der Waals surface area contributed by atoms with Gasteiger partial charge < -0.3 is 14.6 Å². The Morgan fingerprint density at radius 3 is 2.95 bits per heavy atom. The highest BCUT2D eigenvalue weighted by atomic mass is 16.5. The Morgan fingerprint density at radius 2 is 2.30 bits per heavy atom. The number of pyridine rings is 1. The second kappa shape index (κ2) is 7.04. The molecule has 2 rings (SSSR count). The van der Waals surface area contributed by atoms with Gasteiger partial charge in [0.2, 0.25) is 0 Å². The number of nitrogens with zero attached hydrogens (tertiary/aromatic N) is 1. The zero-order valence-corrected chi connectivity index (χ0v) is 12.8. The summed E-state index contributed by atoms with van der Waals surface area (Å²) in [5.74, 6) is 0. The molecule has 2 heterocycles. The fourth-order valence-corrected chi connectivity index (χ4v) is 2.50. The van der Waals surface area contributed by atoms with Gasteiger partial charge in [-0.25, -0.2) is 0 Å². The van der Waals surface area contributed by atoms with E-state index >= 15 is 0 Å². The molecule has 0 aromatic carbocycles. The van der Waals surface area contributed by atoms with Gasteiger partial charge in [-0.3, -0.25) is 4.79 Å². The van der Waals surface area contributed by atoms with E-state index < -0.39 is 0 Å². The normalized spacial score (nSPS) is 20.2. The van der Waals surface area contributed by atoms with Crippen molar-refractivity contribution >= 4 is 0 Å². The van der Waals surface area contributed by atoms with E-state index in [1.165, 1.54) is 0 Å². The van der Waals surface area contributed by atoms with Crippen LogP contribution in [0.2, 0.25) is 0 Å². The van der Waals surface area contributed by atoms with E-state index in [2.05, 4.69) is 19.2 Å². The monoisotopic (exact) mass is 278 g/mol. The minimum absolute atomic E-state index is 0.122. The van der Waals surface area contributed by atoms with Gasteiger partial charge in [-0.05, 0) is 39.2 Å². The first-order valence-corrected chi connectivity index (χ1v) is 7.66. The smallest absolute Gasteiger partial charge is 0.255 e. The molecule has 1 aliphatic rings. The van der Waals surface area contributed by atoms with Gasteiger partial charge in [-0.1, -0.05) is 13.0 Å². The zero-order valence-electron chi connectivity index (χ0n) is 12.8. The Labute approximate surface area is 121 Å². The molecule has 20 heavy (non-hydrogen) atoms. The van der Waals surface area contributed by atoms with E-state index in [9.17, 15) is 4.79 Å². The van der Waals surface area contributed by atoms with Crippen molar-refractivity contribution in [1.82, 2.24) is 9.88 Å². The van der Waals surface area contributed by atoms with Crippen molar-refractivity contribution < 1.29 is 4.74 Å². The second-order valence-corrected chi connectivity index (χ2v) is 5.74. The molecule has 0 aliphatic carbocycles. The van der Waals surface area contributed by atoms with Crippen LogP contribution in [-0.4, -0.2) is 23.3 Å². The number of ether oxygens (including phenoxy) is 1. The molecule has 0 bridgehead atoms. The number of hydrogen-bond donors (Lipinski definition) is 1. The Kier molecular flexibility index (Phi) is 5.38. The molecule has 4 heteroatoms. The lowest BCUT2D eigenvalue weighted by Gasteiger charge is -2.17. The van der Waals surface area contributed by atoms with E-state index in [4.69, 9.17) is 4.74 Å². The Balaban J connectivity index is 2.12. The third kappa shape index (κ3) is 3.70. The van der Waals surface area contributed by atoms with E-state index in [1.54, 1.807) is 0 Å². The van der Waals surface area contributed by atoms with Crippen LogP contribution in [0.25, 0.3) is 0 Å². The summed E-state index contributed by atoms with van der Waals surface area (Å²) in [5, 5.41) is 3.39. The fourth-order valence-electron chi connectivity index (χ4n) is 2.50. The van der Waals surface area contributed by atoms with Crippen molar-refractivity contribution in [1.29, 1.82) is 0 Å². The lowest BCUT2D eigenvalue weighted by Crippen LogP contribution is -2.33. The molecule has 2 atom stereocenters. The van der Waals surface area contributed by atoms with E-state index in [-0.39, 0.29) is 11.7 Å². The van der Waals surface area contributed by atoms with Crippen molar-refractivity contribution in [3.8, 4) is 0 Å². The Hall–Kier alpha value is -1.13. The lowest BCUT2D eigenvalue weighted by atomic mass is 10.2. The van der Waals surface area contributed by atoms with E-state index in [0.717, 1.165) is 37.1 Å². The zero-order chi connectivity index (χ0) is 14.5. The minimum atomic E-state index is 0.122. The number of aryl methyl sites for hydroxylation is 1. The SMILES string of the molecule is CCC(C)NCc1ccc(C)n(CC2CCCO2)c1=O. The van der Waals surface area contributed by atoms with E-state index in [0.29, 0.717) is 19.1 Å². The molecular weight excluding hydrogens is 252 g/mol. The molecule has 1 N–H and O–H groups in total. The average Bonchev–Trinajstić information content (AvgIpc) is 2.95. The number of rotatable bonds is 6. The van der Waals surface area contributed by atoms with Crippen LogP contribution in [0, 0.1) is 6.92 Å². The first kappa shape index (κ1) is 15.3. The molecule has 0 radical (unpaired) electrons. The van der Waals surface area contributed by atoms with Crippen molar-refractivity contribution in [2.75, 3.05) is 6.61 Å². The van der Waals surface area contributed by atoms with Gasteiger partial charge >= 0.3 is 0 Å². The van der Waals surface area contributed by atoms with Crippen LogP contribution in [0.4, 0.5) is 0 Å². The average molecular weight is 278 g/mol. The van der Waals surface area contributed by atoms with Gasteiger partial charge in [-0.2, -0.15) is 0 Å². The maximum Gasteiger partial charge on any atom is 0.255 e. The number of aromatic nitrogens is 1. The van der Waals surface area contributed by atoms with Gasteiger partial charge in [0.05, 0.1) is 12.6 Å². The van der Waals surface area contributed by atoms with Gasteiger partial charge in [0.15, 0.2) is 0 Å². The highest BCUT2D eigenvalue weighted by Crippen LogP contribution is 2.14. The van der Waals surface area contributed by atoms with Crippen molar-refractivity contribution in [3.05, 3.63) is 33.7 Å². The predicted molar refractivity (Wildman–Crippen MR) is 81.0 cm³/mol. The van der Waals surface area contributed by atoms with Crippen molar-refractivity contribution in [2.45, 2.75) is 65.3 Å². The van der Waals surface area contributed by atoms with Crippen molar-refractivity contribution in [3.63, 3.8) is 0 Å². The van der Waals surface area contributed by atoms with Crippen LogP contribution in [0.3, 0.4) is 0 Å². The fraction of sp³-hybridized carbons (Fsp3) is 0.688. The first-order chi connectivity index (χ1) is 9.61. The number of nitrogens with one attached hydrogen (secondary N) is 1. The Morgan fingerprint density at radius 1 is 1.50 bits per heavy atom. The van der Waals surface area contributed by atoms with Crippen LogP contribution in [0.1, 0.15) is 44.4 Å². The summed E-state index contributed by atoms with van der Waals surface area (Å²) in [7, 11) is 0. The molecule has 4 nitrogen and oxygen atoms in total. The quantitative estimate of drug-likeness (QED) is 0.867. The molecule has 0 amide bonds. The van der Waals surface area contributed by atoms with Gasteiger partial charge in [0.25, 0.3) is 5.56 Å². The first-order valence-electron chi connectivity index (χ1n) is 7.66. The predicted octanol–water partition coefficient (Wildman–Crippen LogP) is 2.22. The highest BCUT2D eigenvalue weighted by Gasteiger charge is 2.18. The van der Waals surface area contributed by atoms with Crippen LogP contribution >= 0.6 is 0 Å². The van der Waals surface area contributed by atoms with Crippen LogP contribution in [0.15, 0.2) is 16.9 Å². The van der Waals surface area contributed by atoms with Crippen LogP contribution < -0.4 is 10.9 Å². The van der Waals surface area contributed by atoms with E-state index in [1.807, 2.05) is 23.6 Å². The summed E-state index contributed by atoms with van der Waals surface area (Å²) in [6, 6.07) is 4.41. The third-order valence-electron chi connectivity index (χ3n) is 4.13. The van der Waals surface area contributed by atoms with Crippen molar-refractivity contribution in [2.24, 2.45) is 0 Å². The summed E-state index contributed by atoms with van der Waals surface area (Å²) in [6.45, 7) is 8.42. The minimum Gasteiger partial charge on any atom is -0.376 e. The molecule has 1 aromatic rings. The molecule has 1 aromatic heterocycles. The third-order valence-corrected chi connectivity index (χ3v) is 4.13. The molecule has 1 fully saturated rings. The van der Waals surface area contributed by atoms with Crippen LogP contribution in [-0.2, 0) is 17.8 Å². The lowest BCUT2D eigenvalue weighted by molar-refractivity contribution is 0.0955. The molecule has 0 spiro atoms. The summed E-state index contributed by atoms with van der Waals surface area (Å²) in [4.78, 5) is 12.5. The molecular formula is C16H26N2O2. The van der Waals surface area contributed by atoms with Gasteiger partial charge in [0, 0.05) is 30.5 Å². The molecule has 0 saturated carbocycles. The van der Waals surface area contributed by atoms with Gasteiger partial charge in [-0.15, -0.1) is 0 Å². The molecule has 2 unspecified atom stereocenters. The molecule has 112 valence electrons. The molecule has 1 saturated heterocycles. The van der Waals surface area contributed by atoms with Gasteiger partial charge in [0.1, 0.15) is 0 Å². The maximum absolute atomic E-state index is 12.5. The maximum atomic E-state index is 12.5. The Bertz CT molecular complexity index is 490. The standard InChI is InChI=1S/C16H26N2O2/c1-4-12(2)17-10-14-8-7-13(3)18(16(14)19)11-15-6-5-9-20-15/h7-8,12,15,17H,4-6,9-11H2,1-3H3. The summed E-state index contributed by atoms with van der Waals surface area (Å²) in [6.07, 6.45) is 3.43. The summed E-state index contributed by atoms with van der Waals surface area (Å²) in [5.41, 5.74) is 1.97. The summed E-state index contributed by atoms with van der Waals surface area (Å²) >= 11 is 0. The molecule has 1 aliphatic heterocycles. The number of hydrogen-bond acceptors (Lipinski definition) is 3. The largest absolute Gasteiger partial charge is 0.376 e. The second-order valence-electron chi connectivity index (χ2n) is 5.74.